The number of nitrogens with zero attached hydrogens (tertiary/aromatic N) is 5. The fraction of sp³-hybridized carbons (Fsp3) is 0.211. The Hall–Kier alpha value is -2.95. The van der Waals surface area contributed by atoms with Gasteiger partial charge in [0.05, 0.1) is 0 Å². The Labute approximate surface area is 141 Å². The maximum Gasteiger partial charge on any atom is 0.277 e. The van der Waals surface area contributed by atoms with Crippen molar-refractivity contribution in [1.82, 2.24) is 14.0 Å². The summed E-state index contributed by atoms with van der Waals surface area (Å²) in [7, 11) is 6.25. The third-order valence-corrected chi connectivity index (χ3v) is 4.60. The lowest BCUT2D eigenvalue weighted by atomic mass is 10.1. The molecule has 0 aliphatic heterocycles. The van der Waals surface area contributed by atoms with E-state index in [2.05, 4.69) is 87.8 Å². The minimum absolute atomic E-state index is 0.943. The Balaban J connectivity index is 1.99. The van der Waals surface area contributed by atoms with Gasteiger partial charge in [-0.2, -0.15) is 9.13 Å². The number of pyridine rings is 2. The van der Waals surface area contributed by atoms with Crippen LogP contribution in [-0.4, -0.2) is 14.0 Å². The van der Waals surface area contributed by atoms with Crippen molar-refractivity contribution in [2.45, 2.75) is 6.92 Å². The van der Waals surface area contributed by atoms with E-state index in [1.165, 1.54) is 22.6 Å². The van der Waals surface area contributed by atoms with Gasteiger partial charge in [0.15, 0.2) is 6.20 Å². The van der Waals surface area contributed by atoms with E-state index in [9.17, 15) is 0 Å². The molecule has 24 heavy (non-hydrogen) atoms. The van der Waals surface area contributed by atoms with E-state index in [-0.39, 0.29) is 0 Å². The van der Waals surface area contributed by atoms with Gasteiger partial charge in [-0.25, -0.2) is 4.98 Å². The molecule has 0 aliphatic rings. The largest absolute Gasteiger partial charge is 0.308 e. The fourth-order valence-corrected chi connectivity index (χ4v) is 3.31. The number of aryl methyl sites for hydroxylation is 3. The van der Waals surface area contributed by atoms with Crippen LogP contribution in [0.2, 0.25) is 0 Å². The van der Waals surface area contributed by atoms with Gasteiger partial charge >= 0.3 is 0 Å². The van der Waals surface area contributed by atoms with Gasteiger partial charge in [0.25, 0.3) is 11.4 Å². The van der Waals surface area contributed by atoms with E-state index in [1.54, 1.807) is 0 Å². The summed E-state index contributed by atoms with van der Waals surface area (Å²) in [4.78, 5) is 4.42. The molecule has 0 N–H and O–H groups in total. The highest BCUT2D eigenvalue weighted by molar-refractivity contribution is 5.59. The average Bonchev–Trinajstić information content (AvgIpc) is 3.13. The molecule has 0 bridgehead atoms. The van der Waals surface area contributed by atoms with Crippen LogP contribution in [-0.2, 0) is 21.1 Å². The minimum atomic E-state index is 0.943. The van der Waals surface area contributed by atoms with Gasteiger partial charge in [-0.3, -0.25) is 4.40 Å². The first-order chi connectivity index (χ1) is 11.6. The van der Waals surface area contributed by atoms with Crippen LogP contribution in [0.4, 0.5) is 0 Å². The van der Waals surface area contributed by atoms with Crippen LogP contribution in [0.15, 0.2) is 55.1 Å². The lowest BCUT2D eigenvalue weighted by Crippen LogP contribution is -2.40. The number of rotatable bonds is 2. The van der Waals surface area contributed by atoms with Crippen LogP contribution in [0.1, 0.15) is 5.56 Å². The lowest BCUT2D eigenvalue weighted by Gasteiger charge is -2.06. The highest BCUT2D eigenvalue weighted by atomic mass is 15.2. The molecule has 5 nitrogen and oxygen atoms in total. The Morgan fingerprint density at radius 2 is 1.83 bits per heavy atom. The third kappa shape index (κ3) is 2.12. The third-order valence-electron chi connectivity index (χ3n) is 4.60. The molecule has 4 heterocycles. The molecule has 4 aromatic heterocycles. The van der Waals surface area contributed by atoms with Crippen molar-refractivity contribution in [1.29, 1.82) is 0 Å². The van der Waals surface area contributed by atoms with Crippen molar-refractivity contribution < 1.29 is 9.13 Å². The molecular weight excluding hydrogens is 298 g/mol. The highest BCUT2D eigenvalue weighted by Crippen LogP contribution is 2.22. The summed E-state index contributed by atoms with van der Waals surface area (Å²) in [5.41, 5.74) is 5.92. The first-order valence-electron chi connectivity index (χ1n) is 8.01. The predicted octanol–water partition coefficient (Wildman–Crippen LogP) is 1.96. The molecule has 0 fully saturated rings. The van der Waals surface area contributed by atoms with Crippen molar-refractivity contribution in [3.05, 3.63) is 60.7 Å². The van der Waals surface area contributed by atoms with E-state index < -0.39 is 0 Å². The van der Waals surface area contributed by atoms with Crippen molar-refractivity contribution >= 4 is 5.78 Å². The van der Waals surface area contributed by atoms with Crippen LogP contribution in [0.3, 0.4) is 0 Å². The SMILES string of the molecule is Cc1cc(-c2cn3ccnc3n2C)[n+](C)c(-c2cccc[n+]2C)c1. The van der Waals surface area contributed by atoms with Gasteiger partial charge in [-0.1, -0.05) is 0 Å². The summed E-state index contributed by atoms with van der Waals surface area (Å²) in [5, 5.41) is 0. The van der Waals surface area contributed by atoms with Crippen LogP contribution in [0.25, 0.3) is 28.6 Å². The van der Waals surface area contributed by atoms with Crippen LogP contribution in [0, 0.1) is 6.92 Å². The minimum Gasteiger partial charge on any atom is -0.308 e. The Morgan fingerprint density at radius 1 is 1.04 bits per heavy atom. The van der Waals surface area contributed by atoms with Gasteiger partial charge in [-0.05, 0) is 18.6 Å². The molecule has 0 spiro atoms. The first-order valence-corrected chi connectivity index (χ1v) is 8.01. The Morgan fingerprint density at radius 3 is 2.58 bits per heavy atom. The van der Waals surface area contributed by atoms with Crippen molar-refractivity contribution in [3.8, 4) is 22.8 Å². The number of hydrogen-bond donors (Lipinski definition) is 0. The molecular formula is C19H21N5+2. The average molecular weight is 319 g/mol. The summed E-state index contributed by atoms with van der Waals surface area (Å²) in [5.74, 6) is 0.943. The topological polar surface area (TPSA) is 30.0 Å². The molecule has 4 aromatic rings. The normalized spacial score (nSPS) is 11.3. The second kappa shape index (κ2) is 5.30. The molecule has 5 heteroatoms. The Bertz CT molecular complexity index is 1050. The zero-order chi connectivity index (χ0) is 16.8. The summed E-state index contributed by atoms with van der Waals surface area (Å²) in [6, 6.07) is 10.7. The standard InChI is InChI=1S/C19H21N5/c1-14-11-16(15-7-5-6-9-21(15)2)22(3)17(12-14)18-13-24-10-8-20-19(24)23(18)4/h5-13H,1-4H3/q+2. The van der Waals surface area contributed by atoms with Gasteiger partial charge in [-0.15, -0.1) is 0 Å². The molecule has 4 rings (SSSR count). The quantitative estimate of drug-likeness (QED) is 0.520. The summed E-state index contributed by atoms with van der Waals surface area (Å²) < 4.78 is 8.58. The second-order valence-electron chi connectivity index (χ2n) is 6.27. The summed E-state index contributed by atoms with van der Waals surface area (Å²) in [6.07, 6.45) is 8.01. The van der Waals surface area contributed by atoms with Crippen LogP contribution in [0.5, 0.6) is 0 Å². The fourth-order valence-electron chi connectivity index (χ4n) is 3.31. The monoisotopic (exact) mass is 319 g/mol. The smallest absolute Gasteiger partial charge is 0.277 e. The number of imidazole rings is 2. The van der Waals surface area contributed by atoms with E-state index in [0.29, 0.717) is 0 Å². The van der Waals surface area contributed by atoms with E-state index >= 15 is 0 Å². The van der Waals surface area contributed by atoms with E-state index in [0.717, 1.165) is 11.5 Å². The number of fused-ring (bicyclic) bond motifs is 1. The van der Waals surface area contributed by atoms with E-state index in [4.69, 9.17) is 0 Å². The van der Waals surface area contributed by atoms with Gasteiger partial charge in [0.2, 0.25) is 11.5 Å². The van der Waals surface area contributed by atoms with Gasteiger partial charge < -0.3 is 4.57 Å². The Kier molecular flexibility index (Phi) is 3.23. The highest BCUT2D eigenvalue weighted by Gasteiger charge is 2.25. The molecule has 0 aliphatic carbocycles. The van der Waals surface area contributed by atoms with Crippen LogP contribution < -0.4 is 9.13 Å². The molecule has 120 valence electrons. The zero-order valence-electron chi connectivity index (χ0n) is 14.4. The predicted molar refractivity (Wildman–Crippen MR) is 92.1 cm³/mol. The molecule has 0 radical (unpaired) electrons. The van der Waals surface area contributed by atoms with Gasteiger partial charge in [0, 0.05) is 49.9 Å². The number of aromatic nitrogens is 5. The maximum absolute atomic E-state index is 4.42. The maximum atomic E-state index is 4.42. The molecule has 0 atom stereocenters. The van der Waals surface area contributed by atoms with Crippen molar-refractivity contribution in [2.75, 3.05) is 0 Å². The second-order valence-corrected chi connectivity index (χ2v) is 6.27. The molecule has 0 unspecified atom stereocenters. The summed E-state index contributed by atoms with van der Waals surface area (Å²) >= 11 is 0. The zero-order valence-corrected chi connectivity index (χ0v) is 14.4. The molecule has 0 aromatic carbocycles. The summed E-state index contributed by atoms with van der Waals surface area (Å²) in [6.45, 7) is 2.14. The molecule has 0 amide bonds. The first kappa shape index (κ1) is 14.6. The van der Waals surface area contributed by atoms with E-state index in [1.807, 2.05) is 18.5 Å². The van der Waals surface area contributed by atoms with Crippen molar-refractivity contribution in [3.63, 3.8) is 0 Å². The van der Waals surface area contributed by atoms with Crippen LogP contribution >= 0.6 is 0 Å². The van der Waals surface area contributed by atoms with Gasteiger partial charge in [0.1, 0.15) is 19.8 Å². The lowest BCUT2D eigenvalue weighted by molar-refractivity contribution is -0.685. The van der Waals surface area contributed by atoms with Crippen molar-refractivity contribution in [2.24, 2.45) is 21.1 Å². The molecule has 0 saturated heterocycles. The number of hydrogen-bond acceptors (Lipinski definition) is 1. The molecule has 0 saturated carbocycles.